The van der Waals surface area contributed by atoms with E-state index in [9.17, 15) is 0 Å². The van der Waals surface area contributed by atoms with E-state index < -0.39 is 0 Å². The van der Waals surface area contributed by atoms with Gasteiger partial charge in [0.25, 0.3) is 0 Å². The molecule has 2 heterocycles. The molecule has 0 radical (unpaired) electrons. The third-order valence-electron chi connectivity index (χ3n) is 3.23. The van der Waals surface area contributed by atoms with Crippen molar-refractivity contribution in [1.82, 2.24) is 9.97 Å². The van der Waals surface area contributed by atoms with Gasteiger partial charge in [-0.05, 0) is 23.6 Å². The number of nitrogen functional groups attached to an aromatic ring is 1. The Morgan fingerprint density at radius 2 is 1.86 bits per heavy atom. The normalized spacial score (nSPS) is 10.6. The zero-order valence-corrected chi connectivity index (χ0v) is 12.8. The molecule has 0 aliphatic rings. The monoisotopic (exact) mass is 296 g/mol. The van der Waals surface area contributed by atoms with Crippen LogP contribution in [0.3, 0.4) is 0 Å². The van der Waals surface area contributed by atoms with Gasteiger partial charge in [0.05, 0.1) is 16.8 Å². The summed E-state index contributed by atoms with van der Waals surface area (Å²) < 4.78 is 0. The van der Waals surface area contributed by atoms with Crippen LogP contribution in [0, 0.1) is 0 Å². The molecule has 2 N–H and O–H groups in total. The largest absolute Gasteiger partial charge is 0.382 e. The second kappa shape index (κ2) is 5.54. The van der Waals surface area contributed by atoms with Crippen LogP contribution in [0.4, 0.5) is 11.5 Å². The van der Waals surface area contributed by atoms with E-state index in [2.05, 4.69) is 14.9 Å². The summed E-state index contributed by atoms with van der Waals surface area (Å²) >= 11 is 1.64. The van der Waals surface area contributed by atoms with Crippen molar-refractivity contribution < 1.29 is 0 Å². The topological polar surface area (TPSA) is 55.0 Å². The first-order valence-electron chi connectivity index (χ1n) is 6.59. The van der Waals surface area contributed by atoms with E-state index in [-0.39, 0.29) is 0 Å². The molecule has 0 saturated carbocycles. The maximum atomic E-state index is 5.99. The second-order valence-electron chi connectivity index (χ2n) is 4.91. The van der Waals surface area contributed by atoms with Crippen LogP contribution in [-0.4, -0.2) is 24.1 Å². The molecule has 0 spiro atoms. The number of nitrogens with zero attached hydrogens (tertiary/aromatic N) is 3. The van der Waals surface area contributed by atoms with Gasteiger partial charge in [-0.2, -0.15) is 0 Å². The summed E-state index contributed by atoms with van der Waals surface area (Å²) in [4.78, 5) is 12.1. The molecule has 0 aliphatic carbocycles. The van der Waals surface area contributed by atoms with Crippen LogP contribution >= 0.6 is 11.3 Å². The van der Waals surface area contributed by atoms with Gasteiger partial charge in [0.15, 0.2) is 0 Å². The van der Waals surface area contributed by atoms with Crippen molar-refractivity contribution in [3.05, 3.63) is 48.0 Å². The molecule has 0 fully saturated rings. The Kier molecular flexibility index (Phi) is 3.58. The Hall–Kier alpha value is -2.40. The first-order chi connectivity index (χ1) is 10.1. The van der Waals surface area contributed by atoms with Crippen LogP contribution in [-0.2, 0) is 0 Å². The second-order valence-corrected chi connectivity index (χ2v) is 5.86. The number of hydrogen-bond donors (Lipinski definition) is 1. The molecular formula is C16H16N4S. The Morgan fingerprint density at radius 3 is 2.48 bits per heavy atom. The number of thiophene rings is 1. The minimum Gasteiger partial charge on any atom is -0.382 e. The van der Waals surface area contributed by atoms with Crippen molar-refractivity contribution in [2.75, 3.05) is 24.7 Å². The van der Waals surface area contributed by atoms with Crippen LogP contribution in [0.5, 0.6) is 0 Å². The molecule has 2 aromatic heterocycles. The summed E-state index contributed by atoms with van der Waals surface area (Å²) in [5.74, 6) is 0.452. The van der Waals surface area contributed by atoms with Gasteiger partial charge in [0.1, 0.15) is 11.5 Å². The number of aromatic nitrogens is 2. The van der Waals surface area contributed by atoms with Gasteiger partial charge in [-0.1, -0.05) is 18.2 Å². The molecule has 0 saturated heterocycles. The van der Waals surface area contributed by atoms with E-state index in [1.54, 1.807) is 17.5 Å². The predicted octanol–water partition coefficient (Wildman–Crippen LogP) is 3.52. The lowest BCUT2D eigenvalue weighted by Gasteiger charge is -2.13. The van der Waals surface area contributed by atoms with Gasteiger partial charge in [-0.3, -0.25) is 0 Å². The van der Waals surface area contributed by atoms with Crippen LogP contribution in [0.25, 0.3) is 21.8 Å². The highest BCUT2D eigenvalue weighted by Crippen LogP contribution is 2.29. The van der Waals surface area contributed by atoms with Gasteiger partial charge in [0, 0.05) is 25.3 Å². The Morgan fingerprint density at radius 1 is 1.10 bits per heavy atom. The Balaban J connectivity index is 2.03. The van der Waals surface area contributed by atoms with Gasteiger partial charge >= 0.3 is 0 Å². The molecule has 0 atom stereocenters. The van der Waals surface area contributed by atoms with E-state index in [0.29, 0.717) is 5.82 Å². The Labute approximate surface area is 127 Å². The fourth-order valence-electron chi connectivity index (χ4n) is 2.07. The van der Waals surface area contributed by atoms with Gasteiger partial charge in [-0.15, -0.1) is 11.3 Å². The smallest absolute Gasteiger partial charge is 0.150 e. The third-order valence-corrected chi connectivity index (χ3v) is 4.12. The average molecular weight is 296 g/mol. The molecule has 3 rings (SSSR count). The van der Waals surface area contributed by atoms with Gasteiger partial charge < -0.3 is 10.6 Å². The number of benzene rings is 1. The van der Waals surface area contributed by atoms with Crippen LogP contribution in [0.1, 0.15) is 0 Å². The lowest BCUT2D eigenvalue weighted by atomic mass is 10.1. The van der Waals surface area contributed by atoms with E-state index in [0.717, 1.165) is 27.5 Å². The number of nitrogens with two attached hydrogens (primary N) is 1. The molecule has 0 unspecified atom stereocenters. The maximum Gasteiger partial charge on any atom is 0.150 e. The lowest BCUT2D eigenvalue weighted by molar-refractivity contribution is 1.13. The van der Waals surface area contributed by atoms with Crippen molar-refractivity contribution in [3.63, 3.8) is 0 Å². The first kappa shape index (κ1) is 13.6. The zero-order chi connectivity index (χ0) is 14.8. The van der Waals surface area contributed by atoms with Crippen molar-refractivity contribution >= 4 is 22.8 Å². The summed E-state index contributed by atoms with van der Waals surface area (Å²) in [5, 5.41) is 2.03. The standard InChI is InChI=1S/C16H16N4S/c1-20(2)12-7-5-11(6-8-12)15-16(17)18-10-13(19-15)14-4-3-9-21-14/h3-10H,1-2H3,(H2,17,18). The summed E-state index contributed by atoms with van der Waals surface area (Å²) in [6.45, 7) is 0. The average Bonchev–Trinajstić information content (AvgIpc) is 3.02. The molecule has 4 nitrogen and oxygen atoms in total. The van der Waals surface area contributed by atoms with Crippen LogP contribution < -0.4 is 10.6 Å². The minimum atomic E-state index is 0.452. The molecule has 1 aromatic carbocycles. The van der Waals surface area contributed by atoms with Crippen molar-refractivity contribution in [3.8, 4) is 21.8 Å². The molecule has 0 amide bonds. The van der Waals surface area contributed by atoms with Gasteiger partial charge in [-0.25, -0.2) is 9.97 Å². The molecule has 21 heavy (non-hydrogen) atoms. The molecule has 106 valence electrons. The molecular weight excluding hydrogens is 280 g/mol. The third kappa shape index (κ3) is 2.73. The zero-order valence-electron chi connectivity index (χ0n) is 11.9. The quantitative estimate of drug-likeness (QED) is 0.803. The number of hydrogen-bond acceptors (Lipinski definition) is 5. The fourth-order valence-corrected chi connectivity index (χ4v) is 2.75. The first-order valence-corrected chi connectivity index (χ1v) is 7.47. The van der Waals surface area contributed by atoms with E-state index in [1.165, 1.54) is 0 Å². The summed E-state index contributed by atoms with van der Waals surface area (Å²) in [6, 6.07) is 12.2. The van der Waals surface area contributed by atoms with E-state index >= 15 is 0 Å². The van der Waals surface area contributed by atoms with Gasteiger partial charge in [0.2, 0.25) is 0 Å². The summed E-state index contributed by atoms with van der Waals surface area (Å²) in [5.41, 5.74) is 9.69. The predicted molar refractivity (Wildman–Crippen MR) is 89.5 cm³/mol. The highest BCUT2D eigenvalue weighted by Gasteiger charge is 2.09. The van der Waals surface area contributed by atoms with Crippen molar-refractivity contribution in [2.45, 2.75) is 0 Å². The Bertz CT molecular complexity index is 733. The SMILES string of the molecule is CN(C)c1ccc(-c2nc(-c3cccs3)cnc2N)cc1. The van der Waals surface area contributed by atoms with E-state index in [1.807, 2.05) is 55.9 Å². The summed E-state index contributed by atoms with van der Waals surface area (Å²) in [7, 11) is 4.03. The highest BCUT2D eigenvalue weighted by molar-refractivity contribution is 7.13. The fraction of sp³-hybridized carbons (Fsp3) is 0.125. The molecule has 5 heteroatoms. The highest BCUT2D eigenvalue weighted by atomic mass is 32.1. The maximum absolute atomic E-state index is 5.99. The number of anilines is 2. The van der Waals surface area contributed by atoms with Crippen LogP contribution in [0.2, 0.25) is 0 Å². The molecule has 0 bridgehead atoms. The van der Waals surface area contributed by atoms with E-state index in [4.69, 9.17) is 5.73 Å². The minimum absolute atomic E-state index is 0.452. The molecule has 3 aromatic rings. The molecule has 0 aliphatic heterocycles. The van der Waals surface area contributed by atoms with Crippen molar-refractivity contribution in [1.29, 1.82) is 0 Å². The number of rotatable bonds is 3. The van der Waals surface area contributed by atoms with Crippen LogP contribution in [0.15, 0.2) is 48.0 Å². The summed E-state index contributed by atoms with van der Waals surface area (Å²) in [6.07, 6.45) is 1.72. The van der Waals surface area contributed by atoms with Crippen molar-refractivity contribution in [2.24, 2.45) is 0 Å². The lowest BCUT2D eigenvalue weighted by Crippen LogP contribution is -2.08.